The van der Waals surface area contributed by atoms with Gasteiger partial charge in [-0.25, -0.2) is 9.97 Å². The quantitative estimate of drug-likeness (QED) is 0.179. The van der Waals surface area contributed by atoms with Crippen LogP contribution in [0.4, 0.5) is 0 Å². The van der Waals surface area contributed by atoms with E-state index in [2.05, 4.69) is 167 Å². The molecule has 60 heavy (non-hydrogen) atoms. The van der Waals surface area contributed by atoms with Gasteiger partial charge in [0.15, 0.2) is 23.0 Å². The van der Waals surface area contributed by atoms with Gasteiger partial charge in [-0.05, 0) is 101 Å². The van der Waals surface area contributed by atoms with Crippen molar-refractivity contribution in [2.75, 3.05) is 0 Å². The number of ether oxygens (including phenoxy) is 2. The van der Waals surface area contributed by atoms with Crippen LogP contribution in [0.25, 0.3) is 99.3 Å². The van der Waals surface area contributed by atoms with Gasteiger partial charge in [0, 0.05) is 38.2 Å². The Hall–Kier alpha value is -8.22. The molecular weight excluding hydrogens is 737 g/mol. The summed E-state index contributed by atoms with van der Waals surface area (Å²) in [6.45, 7) is 0. The zero-order valence-electron chi connectivity index (χ0n) is 32.1. The number of hydrogen-bond donors (Lipinski definition) is 0. The Balaban J connectivity index is 0.951. The Bertz CT molecular complexity index is 3730. The topological polar surface area (TPSA) is 54.1 Å². The number of aromatic nitrogens is 4. The smallest absolute Gasteiger partial charge is 0.235 e. The second-order valence-electron chi connectivity index (χ2n) is 15.4. The second-order valence-corrected chi connectivity index (χ2v) is 15.4. The largest absolute Gasteiger partial charge is 0.449 e. The van der Waals surface area contributed by atoms with Gasteiger partial charge in [0.05, 0.1) is 33.3 Å². The van der Waals surface area contributed by atoms with Crippen molar-refractivity contribution >= 4 is 65.3 Å². The third-order valence-corrected chi connectivity index (χ3v) is 12.0. The average Bonchev–Trinajstić information content (AvgIpc) is 3.82. The highest BCUT2D eigenvalue weighted by atomic mass is 16.6. The summed E-state index contributed by atoms with van der Waals surface area (Å²) in [6.07, 6.45) is 0. The Morgan fingerprint density at radius 1 is 0.333 bits per heavy atom. The van der Waals surface area contributed by atoms with Crippen LogP contribution < -0.4 is 9.47 Å². The van der Waals surface area contributed by atoms with Gasteiger partial charge < -0.3 is 14.0 Å². The van der Waals surface area contributed by atoms with Gasteiger partial charge in [-0.15, -0.1) is 0 Å². The molecule has 12 aromatic rings. The standard InChI is InChI=1S/C54H32N4O2/c1-2-14-38(15-3-1)57-45-20-10-7-16-39(45)43-29-37(23-26-47(43)57)53-41-18-6-9-19-44(41)55-54(56-53)58-46-21-11-8-17-40(46)42-28-35(22-25-48(42)58)36-24-27-49-50(32-36)60-52-31-34-13-5-4-12-33(34)30-51(52)59-49/h1-32H. The first-order valence-electron chi connectivity index (χ1n) is 20.1. The van der Waals surface area contributed by atoms with Gasteiger partial charge in [0.1, 0.15) is 0 Å². The lowest BCUT2D eigenvalue weighted by Crippen LogP contribution is -2.03. The molecule has 0 spiro atoms. The van der Waals surface area contributed by atoms with Crippen LogP contribution >= 0.6 is 0 Å². The number of hydrogen-bond acceptors (Lipinski definition) is 4. The van der Waals surface area contributed by atoms with E-state index >= 15 is 0 Å². The summed E-state index contributed by atoms with van der Waals surface area (Å²) in [6, 6.07) is 67.9. The molecule has 3 aromatic heterocycles. The predicted molar refractivity (Wildman–Crippen MR) is 243 cm³/mol. The monoisotopic (exact) mass is 768 g/mol. The van der Waals surface area contributed by atoms with Crippen molar-refractivity contribution in [3.63, 3.8) is 0 Å². The van der Waals surface area contributed by atoms with Crippen molar-refractivity contribution in [1.29, 1.82) is 0 Å². The first-order valence-corrected chi connectivity index (χ1v) is 20.1. The van der Waals surface area contributed by atoms with E-state index in [1.165, 1.54) is 16.3 Å². The molecule has 1 aliphatic rings. The number of nitrogens with zero attached hydrogens (tertiary/aromatic N) is 4. The molecule has 0 bridgehead atoms. The second kappa shape index (κ2) is 12.6. The lowest BCUT2D eigenvalue weighted by atomic mass is 10.0. The summed E-state index contributed by atoms with van der Waals surface area (Å²) in [5, 5.41) is 7.85. The van der Waals surface area contributed by atoms with E-state index in [0.29, 0.717) is 23.2 Å². The molecule has 4 heterocycles. The minimum Gasteiger partial charge on any atom is -0.449 e. The predicted octanol–water partition coefficient (Wildman–Crippen LogP) is 14.2. The minimum absolute atomic E-state index is 0.625. The Kier molecular flexibility index (Phi) is 6.91. The van der Waals surface area contributed by atoms with Gasteiger partial charge in [0.25, 0.3) is 0 Å². The SMILES string of the molecule is c1ccc(-n2c3ccccc3c3cc(-c4nc(-n5c6ccccc6c6cc(-c7ccc8c(c7)Oc7cc9ccccc9cc7O8)ccc65)nc5ccccc45)ccc32)cc1. The average molecular weight is 769 g/mol. The number of rotatable bonds is 4. The lowest BCUT2D eigenvalue weighted by molar-refractivity contribution is 0.360. The highest BCUT2D eigenvalue weighted by molar-refractivity contribution is 6.12. The van der Waals surface area contributed by atoms with Gasteiger partial charge in [-0.1, -0.05) is 115 Å². The van der Waals surface area contributed by atoms with Crippen LogP contribution in [0.5, 0.6) is 23.0 Å². The van der Waals surface area contributed by atoms with Gasteiger partial charge >= 0.3 is 0 Å². The Morgan fingerprint density at radius 3 is 1.60 bits per heavy atom. The summed E-state index contributed by atoms with van der Waals surface area (Å²) in [4.78, 5) is 10.7. The van der Waals surface area contributed by atoms with Crippen LogP contribution in [-0.2, 0) is 0 Å². The van der Waals surface area contributed by atoms with Crippen molar-refractivity contribution < 1.29 is 9.47 Å². The fraction of sp³-hybridized carbons (Fsp3) is 0. The first kappa shape index (κ1) is 32.8. The van der Waals surface area contributed by atoms with E-state index in [1.54, 1.807) is 0 Å². The van der Waals surface area contributed by atoms with Crippen molar-refractivity contribution in [2.45, 2.75) is 0 Å². The molecule has 280 valence electrons. The van der Waals surface area contributed by atoms with E-state index in [0.717, 1.165) is 82.8 Å². The van der Waals surface area contributed by atoms with Crippen LogP contribution in [-0.4, -0.2) is 19.1 Å². The Labute approximate surface area is 343 Å². The summed E-state index contributed by atoms with van der Waals surface area (Å²) >= 11 is 0. The molecule has 0 amide bonds. The maximum atomic E-state index is 6.47. The van der Waals surface area contributed by atoms with Crippen molar-refractivity contribution in [3.8, 4) is 57.0 Å². The molecule has 1 aliphatic heterocycles. The maximum Gasteiger partial charge on any atom is 0.235 e. The number of benzene rings is 9. The summed E-state index contributed by atoms with van der Waals surface area (Å²) in [5.41, 5.74) is 10.4. The Morgan fingerprint density at radius 2 is 0.850 bits per heavy atom. The summed E-state index contributed by atoms with van der Waals surface area (Å²) < 4.78 is 17.4. The molecule has 6 nitrogen and oxygen atoms in total. The van der Waals surface area contributed by atoms with Gasteiger partial charge in [0.2, 0.25) is 5.95 Å². The zero-order chi connectivity index (χ0) is 39.3. The van der Waals surface area contributed by atoms with Crippen LogP contribution in [0.3, 0.4) is 0 Å². The van der Waals surface area contributed by atoms with E-state index in [9.17, 15) is 0 Å². The third-order valence-electron chi connectivity index (χ3n) is 12.0. The van der Waals surface area contributed by atoms with Gasteiger partial charge in [-0.3, -0.25) is 4.57 Å². The highest BCUT2D eigenvalue weighted by Crippen LogP contribution is 2.48. The van der Waals surface area contributed by atoms with Crippen LogP contribution in [0.2, 0.25) is 0 Å². The van der Waals surface area contributed by atoms with E-state index < -0.39 is 0 Å². The van der Waals surface area contributed by atoms with Crippen molar-refractivity contribution in [2.24, 2.45) is 0 Å². The van der Waals surface area contributed by atoms with Crippen LogP contribution in [0.1, 0.15) is 0 Å². The molecule has 0 saturated carbocycles. The molecule has 6 heteroatoms. The molecule has 0 radical (unpaired) electrons. The van der Waals surface area contributed by atoms with Crippen LogP contribution in [0.15, 0.2) is 194 Å². The molecule has 0 fully saturated rings. The van der Waals surface area contributed by atoms with E-state index in [-0.39, 0.29) is 0 Å². The fourth-order valence-corrected chi connectivity index (χ4v) is 9.17. The van der Waals surface area contributed by atoms with E-state index in [1.807, 2.05) is 36.4 Å². The highest BCUT2D eigenvalue weighted by Gasteiger charge is 2.22. The molecule has 13 rings (SSSR count). The van der Waals surface area contributed by atoms with Gasteiger partial charge in [-0.2, -0.15) is 0 Å². The third kappa shape index (κ3) is 4.94. The lowest BCUT2D eigenvalue weighted by Gasteiger charge is -2.22. The number of para-hydroxylation sites is 4. The van der Waals surface area contributed by atoms with Crippen molar-refractivity contribution in [1.82, 2.24) is 19.1 Å². The molecule has 0 N–H and O–H groups in total. The molecule has 0 atom stereocenters. The number of fused-ring (bicyclic) bond motifs is 10. The summed E-state index contributed by atoms with van der Waals surface area (Å²) in [7, 11) is 0. The molecule has 0 saturated heterocycles. The minimum atomic E-state index is 0.625. The molecule has 0 unspecified atom stereocenters. The summed E-state index contributed by atoms with van der Waals surface area (Å²) in [5.74, 6) is 3.45. The molecular formula is C54H32N4O2. The first-order chi connectivity index (χ1) is 29.7. The molecule has 9 aromatic carbocycles. The van der Waals surface area contributed by atoms with Crippen LogP contribution in [0, 0.1) is 0 Å². The van der Waals surface area contributed by atoms with Crippen molar-refractivity contribution in [3.05, 3.63) is 194 Å². The maximum absolute atomic E-state index is 6.47. The normalized spacial score (nSPS) is 12.3. The zero-order valence-corrected chi connectivity index (χ0v) is 32.1. The fourth-order valence-electron chi connectivity index (χ4n) is 9.17. The van der Waals surface area contributed by atoms with E-state index in [4.69, 9.17) is 19.4 Å². The molecule has 0 aliphatic carbocycles.